The number of para-hydroxylation sites is 1. The molecule has 0 radical (unpaired) electrons. The molecule has 0 unspecified atom stereocenters. The number of alkyl halides is 2. The predicted octanol–water partition coefficient (Wildman–Crippen LogP) is 3.92. The van der Waals surface area contributed by atoms with Gasteiger partial charge in [-0.25, -0.2) is 8.78 Å². The van der Waals surface area contributed by atoms with Crippen LogP contribution in [0.25, 0.3) is 0 Å². The third kappa shape index (κ3) is 2.37. The summed E-state index contributed by atoms with van der Waals surface area (Å²) in [7, 11) is 1.31. The highest BCUT2D eigenvalue weighted by atomic mass is 19.3. The second-order valence-electron chi connectivity index (χ2n) is 5.18. The number of rotatable bonds is 4. The summed E-state index contributed by atoms with van der Waals surface area (Å²) in [6, 6.07) is 4.37. The van der Waals surface area contributed by atoms with Gasteiger partial charge in [0.05, 0.1) is 18.1 Å². The summed E-state index contributed by atoms with van der Waals surface area (Å²) < 4.78 is 31.2. The number of hydrogen-bond acceptors (Lipinski definition) is 2. The van der Waals surface area contributed by atoms with E-state index in [1.165, 1.54) is 19.2 Å². The van der Waals surface area contributed by atoms with E-state index in [-0.39, 0.29) is 11.3 Å². The topological polar surface area (TPSA) is 46.5 Å². The second-order valence-corrected chi connectivity index (χ2v) is 5.18. The van der Waals surface area contributed by atoms with Gasteiger partial charge in [-0.2, -0.15) is 0 Å². The van der Waals surface area contributed by atoms with Gasteiger partial charge < -0.3 is 9.84 Å². The summed E-state index contributed by atoms with van der Waals surface area (Å²) in [4.78, 5) is 11.8. The lowest BCUT2D eigenvalue weighted by atomic mass is 9.69. The number of carboxylic acid groups (broad SMARTS) is 1. The minimum atomic E-state index is -2.68. The Hall–Kier alpha value is -1.65. The third-order valence-corrected chi connectivity index (χ3v) is 4.12. The van der Waals surface area contributed by atoms with Crippen molar-refractivity contribution in [3.05, 3.63) is 29.3 Å². The number of hydrogen-bond donors (Lipinski definition) is 1. The molecule has 1 aromatic carbocycles. The summed E-state index contributed by atoms with van der Waals surface area (Å²) in [6.45, 7) is 0. The Bertz CT molecular complexity index is 494. The number of carboxylic acids is 1. The summed E-state index contributed by atoms with van der Waals surface area (Å²) in [6.07, 6.45) is 0.796. The van der Waals surface area contributed by atoms with Gasteiger partial charge in [0.25, 0.3) is 6.43 Å². The largest absolute Gasteiger partial charge is 0.496 e. The molecule has 3 nitrogen and oxygen atoms in total. The molecule has 1 aromatic rings. The van der Waals surface area contributed by atoms with Crippen molar-refractivity contribution < 1.29 is 23.4 Å². The van der Waals surface area contributed by atoms with Crippen LogP contribution < -0.4 is 4.74 Å². The normalized spacial score (nSPS) is 18.0. The summed E-state index contributed by atoms with van der Waals surface area (Å²) in [5.74, 6) is -0.936. The molecule has 1 aliphatic rings. The molecule has 1 fully saturated rings. The van der Waals surface area contributed by atoms with Gasteiger partial charge >= 0.3 is 5.97 Å². The smallest absolute Gasteiger partial charge is 0.314 e. The Morgan fingerprint density at radius 3 is 2.45 bits per heavy atom. The first-order valence-corrected chi connectivity index (χ1v) is 6.72. The highest BCUT2D eigenvalue weighted by Crippen LogP contribution is 2.46. The van der Waals surface area contributed by atoms with Crippen LogP contribution >= 0.6 is 0 Å². The molecule has 1 aliphatic carbocycles. The first-order chi connectivity index (χ1) is 9.53. The summed E-state index contributed by atoms with van der Waals surface area (Å²) in [5.41, 5.74) is -0.963. The molecule has 5 heteroatoms. The molecule has 0 atom stereocenters. The average Bonchev–Trinajstić information content (AvgIpc) is 2.46. The van der Waals surface area contributed by atoms with Crippen LogP contribution in [-0.2, 0) is 10.2 Å². The van der Waals surface area contributed by atoms with Crippen molar-refractivity contribution in [2.75, 3.05) is 7.11 Å². The standard InChI is InChI=1S/C15H18F2O3/c1-20-12-10(13(16)17)6-5-7-11(12)15(14(18)19)8-3-2-4-9-15/h5-7,13H,2-4,8-9H2,1H3,(H,18,19). The summed E-state index contributed by atoms with van der Waals surface area (Å²) in [5, 5.41) is 9.65. The van der Waals surface area contributed by atoms with Gasteiger partial charge in [-0.1, -0.05) is 31.4 Å². The van der Waals surface area contributed by atoms with Crippen molar-refractivity contribution in [1.82, 2.24) is 0 Å². The Kier molecular flexibility index (Phi) is 4.26. The van der Waals surface area contributed by atoms with Crippen LogP contribution in [0.3, 0.4) is 0 Å². The fraction of sp³-hybridized carbons (Fsp3) is 0.533. The van der Waals surface area contributed by atoms with Crippen LogP contribution in [0.4, 0.5) is 8.78 Å². The number of halogens is 2. The molecule has 2 rings (SSSR count). The SMILES string of the molecule is COc1c(C(F)F)cccc1C1(C(=O)O)CCCCC1. The van der Waals surface area contributed by atoms with Gasteiger partial charge in [-0.05, 0) is 18.9 Å². The maximum Gasteiger partial charge on any atom is 0.314 e. The maximum absolute atomic E-state index is 13.1. The monoisotopic (exact) mass is 284 g/mol. The van der Waals surface area contributed by atoms with Crippen molar-refractivity contribution in [3.63, 3.8) is 0 Å². The van der Waals surface area contributed by atoms with Crippen LogP contribution in [0.1, 0.15) is 49.7 Å². The Morgan fingerprint density at radius 1 is 1.30 bits per heavy atom. The molecule has 110 valence electrons. The zero-order valence-corrected chi connectivity index (χ0v) is 11.4. The van der Waals surface area contributed by atoms with E-state index in [4.69, 9.17) is 4.74 Å². The van der Waals surface area contributed by atoms with Gasteiger partial charge in [0.15, 0.2) is 0 Å². The minimum absolute atomic E-state index is 0.0202. The predicted molar refractivity (Wildman–Crippen MR) is 70.3 cm³/mol. The van der Waals surface area contributed by atoms with Crippen LogP contribution in [0.2, 0.25) is 0 Å². The quantitative estimate of drug-likeness (QED) is 0.911. The fourth-order valence-corrected chi connectivity index (χ4v) is 3.09. The average molecular weight is 284 g/mol. The van der Waals surface area contributed by atoms with Crippen LogP contribution in [0, 0.1) is 0 Å². The first-order valence-electron chi connectivity index (χ1n) is 6.72. The lowest BCUT2D eigenvalue weighted by molar-refractivity contribution is -0.145. The summed E-state index contributed by atoms with van der Waals surface area (Å²) >= 11 is 0. The van der Waals surface area contributed by atoms with Crippen LogP contribution in [0.5, 0.6) is 5.75 Å². The van der Waals surface area contributed by atoms with Crippen molar-refractivity contribution in [3.8, 4) is 5.75 Å². The lowest BCUT2D eigenvalue weighted by Crippen LogP contribution is -2.38. The highest BCUT2D eigenvalue weighted by molar-refractivity contribution is 5.83. The second kappa shape index (κ2) is 5.77. The molecule has 1 N–H and O–H groups in total. The Balaban J connectivity index is 2.59. The van der Waals surface area contributed by atoms with E-state index in [1.807, 2.05) is 0 Å². The molecule has 0 amide bonds. The van der Waals surface area contributed by atoms with E-state index >= 15 is 0 Å². The molecule has 20 heavy (non-hydrogen) atoms. The molecule has 1 saturated carbocycles. The first kappa shape index (κ1) is 14.8. The van der Waals surface area contributed by atoms with Crippen molar-refractivity contribution in [2.45, 2.75) is 43.9 Å². The molecule has 0 heterocycles. The lowest BCUT2D eigenvalue weighted by Gasteiger charge is -2.35. The molecule has 0 spiro atoms. The zero-order valence-electron chi connectivity index (χ0n) is 11.4. The molecule has 0 aliphatic heterocycles. The van der Waals surface area contributed by atoms with Crippen molar-refractivity contribution in [1.29, 1.82) is 0 Å². The van der Waals surface area contributed by atoms with E-state index in [0.29, 0.717) is 18.4 Å². The van der Waals surface area contributed by atoms with E-state index in [9.17, 15) is 18.7 Å². The molecule has 0 aromatic heterocycles. The minimum Gasteiger partial charge on any atom is -0.496 e. The maximum atomic E-state index is 13.1. The Morgan fingerprint density at radius 2 is 1.95 bits per heavy atom. The van der Waals surface area contributed by atoms with E-state index < -0.39 is 17.8 Å². The van der Waals surface area contributed by atoms with Gasteiger partial charge in [0.2, 0.25) is 0 Å². The molecule has 0 bridgehead atoms. The molecule has 0 saturated heterocycles. The third-order valence-electron chi connectivity index (χ3n) is 4.12. The van der Waals surface area contributed by atoms with E-state index in [0.717, 1.165) is 19.3 Å². The van der Waals surface area contributed by atoms with Crippen LogP contribution in [0.15, 0.2) is 18.2 Å². The molecular formula is C15H18F2O3. The number of ether oxygens (including phenoxy) is 1. The highest BCUT2D eigenvalue weighted by Gasteiger charge is 2.44. The van der Waals surface area contributed by atoms with Crippen LogP contribution in [-0.4, -0.2) is 18.2 Å². The number of benzene rings is 1. The van der Waals surface area contributed by atoms with Crippen molar-refractivity contribution >= 4 is 5.97 Å². The fourth-order valence-electron chi connectivity index (χ4n) is 3.09. The number of aliphatic carboxylic acids is 1. The number of carbonyl (C=O) groups is 1. The van der Waals surface area contributed by atoms with Gasteiger partial charge in [-0.3, -0.25) is 4.79 Å². The van der Waals surface area contributed by atoms with E-state index in [2.05, 4.69) is 0 Å². The Labute approximate surface area is 116 Å². The van der Waals surface area contributed by atoms with Gasteiger partial charge in [-0.15, -0.1) is 0 Å². The molecular weight excluding hydrogens is 266 g/mol. The number of methoxy groups -OCH3 is 1. The zero-order chi connectivity index (χ0) is 14.8. The van der Waals surface area contributed by atoms with E-state index in [1.54, 1.807) is 6.07 Å². The van der Waals surface area contributed by atoms with Gasteiger partial charge in [0.1, 0.15) is 5.75 Å². The van der Waals surface area contributed by atoms with Crippen molar-refractivity contribution in [2.24, 2.45) is 0 Å². The van der Waals surface area contributed by atoms with Gasteiger partial charge in [0, 0.05) is 5.56 Å².